The SMILES string of the molecule is NCCCc1cn(Cc2cccc(F)c2)nn1. The number of benzene rings is 1. The lowest BCUT2D eigenvalue weighted by Gasteiger charge is -2.00. The quantitative estimate of drug-likeness (QED) is 0.849. The standard InChI is InChI=1S/C12H15FN4/c13-11-4-1-3-10(7-11)8-17-9-12(15-16-17)5-2-6-14/h1,3-4,7,9H,2,5-6,8,14H2. The third-order valence-electron chi connectivity index (χ3n) is 2.46. The van der Waals surface area contributed by atoms with Gasteiger partial charge in [-0.1, -0.05) is 17.3 Å². The van der Waals surface area contributed by atoms with E-state index in [9.17, 15) is 4.39 Å². The Labute approximate surface area is 99.2 Å². The molecule has 1 aromatic heterocycles. The zero-order valence-corrected chi connectivity index (χ0v) is 9.51. The van der Waals surface area contributed by atoms with E-state index in [1.54, 1.807) is 10.7 Å². The van der Waals surface area contributed by atoms with Crippen LogP contribution < -0.4 is 5.73 Å². The number of nitrogens with zero attached hydrogens (tertiary/aromatic N) is 3. The second kappa shape index (κ2) is 5.54. The van der Waals surface area contributed by atoms with Crippen molar-refractivity contribution in [2.24, 2.45) is 5.73 Å². The van der Waals surface area contributed by atoms with Crippen LogP contribution in [0.1, 0.15) is 17.7 Å². The molecule has 0 unspecified atom stereocenters. The van der Waals surface area contributed by atoms with Gasteiger partial charge < -0.3 is 5.73 Å². The Morgan fingerprint density at radius 2 is 2.24 bits per heavy atom. The average molecular weight is 234 g/mol. The van der Waals surface area contributed by atoms with Crippen molar-refractivity contribution in [2.75, 3.05) is 6.54 Å². The van der Waals surface area contributed by atoms with Gasteiger partial charge in [-0.3, -0.25) is 0 Å². The topological polar surface area (TPSA) is 56.7 Å². The Hall–Kier alpha value is -1.75. The summed E-state index contributed by atoms with van der Waals surface area (Å²) in [7, 11) is 0. The summed E-state index contributed by atoms with van der Waals surface area (Å²) >= 11 is 0. The highest BCUT2D eigenvalue weighted by Gasteiger charge is 2.02. The summed E-state index contributed by atoms with van der Waals surface area (Å²) in [6.07, 6.45) is 3.61. The van der Waals surface area contributed by atoms with Crippen LogP contribution >= 0.6 is 0 Å². The smallest absolute Gasteiger partial charge is 0.123 e. The summed E-state index contributed by atoms with van der Waals surface area (Å²) in [5.74, 6) is -0.231. The Bertz CT molecular complexity index is 481. The molecule has 4 nitrogen and oxygen atoms in total. The third-order valence-corrected chi connectivity index (χ3v) is 2.46. The lowest BCUT2D eigenvalue weighted by atomic mass is 10.2. The van der Waals surface area contributed by atoms with E-state index >= 15 is 0 Å². The van der Waals surface area contributed by atoms with E-state index in [0.717, 1.165) is 24.1 Å². The molecular weight excluding hydrogens is 219 g/mol. The first-order valence-corrected chi connectivity index (χ1v) is 5.61. The summed E-state index contributed by atoms with van der Waals surface area (Å²) in [6, 6.07) is 6.49. The Morgan fingerprint density at radius 1 is 1.35 bits per heavy atom. The molecule has 0 aliphatic carbocycles. The van der Waals surface area contributed by atoms with Crippen molar-refractivity contribution in [3.8, 4) is 0 Å². The van der Waals surface area contributed by atoms with Gasteiger partial charge in [0.25, 0.3) is 0 Å². The number of rotatable bonds is 5. The molecule has 1 heterocycles. The highest BCUT2D eigenvalue weighted by molar-refractivity contribution is 5.16. The molecule has 0 amide bonds. The number of halogens is 1. The summed E-state index contributed by atoms with van der Waals surface area (Å²) in [4.78, 5) is 0. The molecule has 0 bridgehead atoms. The van der Waals surface area contributed by atoms with Crippen LogP contribution in [-0.4, -0.2) is 21.5 Å². The third kappa shape index (κ3) is 3.35. The van der Waals surface area contributed by atoms with Crippen LogP contribution in [0.5, 0.6) is 0 Å². The first-order chi connectivity index (χ1) is 8.28. The minimum atomic E-state index is -0.231. The fraction of sp³-hybridized carbons (Fsp3) is 0.333. The van der Waals surface area contributed by atoms with Crippen molar-refractivity contribution in [2.45, 2.75) is 19.4 Å². The maximum absolute atomic E-state index is 13.0. The average Bonchev–Trinajstić information content (AvgIpc) is 2.74. The molecule has 5 heteroatoms. The molecule has 0 aliphatic heterocycles. The lowest BCUT2D eigenvalue weighted by Crippen LogP contribution is -2.01. The highest BCUT2D eigenvalue weighted by Crippen LogP contribution is 2.06. The van der Waals surface area contributed by atoms with Crippen molar-refractivity contribution in [3.63, 3.8) is 0 Å². The van der Waals surface area contributed by atoms with Gasteiger partial charge in [0.1, 0.15) is 5.82 Å². The largest absolute Gasteiger partial charge is 0.330 e. The van der Waals surface area contributed by atoms with Crippen LogP contribution in [0.15, 0.2) is 30.5 Å². The molecule has 0 atom stereocenters. The molecule has 17 heavy (non-hydrogen) atoms. The number of hydrogen-bond acceptors (Lipinski definition) is 3. The Balaban J connectivity index is 2.01. The predicted octanol–water partition coefficient (Wildman–Crippen LogP) is 1.36. The first kappa shape index (κ1) is 11.7. The van der Waals surface area contributed by atoms with Gasteiger partial charge in [-0.2, -0.15) is 0 Å². The predicted molar refractivity (Wildman–Crippen MR) is 62.9 cm³/mol. The molecule has 2 rings (SSSR count). The molecule has 2 aromatic rings. The van der Waals surface area contributed by atoms with E-state index in [2.05, 4.69) is 10.3 Å². The van der Waals surface area contributed by atoms with E-state index in [1.807, 2.05) is 12.3 Å². The number of aryl methyl sites for hydroxylation is 1. The van der Waals surface area contributed by atoms with Gasteiger partial charge in [-0.25, -0.2) is 9.07 Å². The summed E-state index contributed by atoms with van der Waals surface area (Å²) in [6.45, 7) is 1.18. The van der Waals surface area contributed by atoms with Crippen molar-refractivity contribution >= 4 is 0 Å². The van der Waals surface area contributed by atoms with Gasteiger partial charge in [0, 0.05) is 6.20 Å². The van der Waals surface area contributed by atoms with Gasteiger partial charge in [0.2, 0.25) is 0 Å². The van der Waals surface area contributed by atoms with E-state index in [4.69, 9.17) is 5.73 Å². The van der Waals surface area contributed by atoms with E-state index in [1.165, 1.54) is 12.1 Å². The van der Waals surface area contributed by atoms with E-state index in [0.29, 0.717) is 13.1 Å². The summed E-state index contributed by atoms with van der Waals surface area (Å²) < 4.78 is 14.7. The molecule has 2 N–H and O–H groups in total. The van der Waals surface area contributed by atoms with Crippen molar-refractivity contribution in [1.29, 1.82) is 0 Å². The van der Waals surface area contributed by atoms with Gasteiger partial charge in [-0.15, -0.1) is 5.10 Å². The first-order valence-electron chi connectivity index (χ1n) is 5.61. The van der Waals surface area contributed by atoms with Crippen LogP contribution in [0.4, 0.5) is 4.39 Å². The number of nitrogens with two attached hydrogens (primary N) is 1. The summed E-state index contributed by atoms with van der Waals surface area (Å²) in [5, 5.41) is 8.03. The Morgan fingerprint density at radius 3 is 3.00 bits per heavy atom. The lowest BCUT2D eigenvalue weighted by molar-refractivity contribution is 0.614. The minimum absolute atomic E-state index is 0.231. The second-order valence-electron chi connectivity index (χ2n) is 3.93. The minimum Gasteiger partial charge on any atom is -0.330 e. The van der Waals surface area contributed by atoms with Crippen molar-refractivity contribution in [1.82, 2.24) is 15.0 Å². The van der Waals surface area contributed by atoms with Gasteiger partial charge in [0.15, 0.2) is 0 Å². The van der Waals surface area contributed by atoms with Gasteiger partial charge in [0.05, 0.1) is 12.2 Å². The normalized spacial score (nSPS) is 10.7. The monoisotopic (exact) mass is 234 g/mol. The number of aromatic nitrogens is 3. The zero-order valence-electron chi connectivity index (χ0n) is 9.51. The van der Waals surface area contributed by atoms with E-state index in [-0.39, 0.29) is 5.82 Å². The number of hydrogen-bond donors (Lipinski definition) is 1. The van der Waals surface area contributed by atoms with Gasteiger partial charge >= 0.3 is 0 Å². The maximum Gasteiger partial charge on any atom is 0.123 e. The molecule has 1 aromatic carbocycles. The summed E-state index contributed by atoms with van der Waals surface area (Å²) in [5.41, 5.74) is 7.22. The maximum atomic E-state index is 13.0. The fourth-order valence-electron chi connectivity index (χ4n) is 1.64. The van der Waals surface area contributed by atoms with Crippen LogP contribution in [0.3, 0.4) is 0 Å². The molecule has 0 spiro atoms. The second-order valence-corrected chi connectivity index (χ2v) is 3.93. The van der Waals surface area contributed by atoms with Crippen LogP contribution in [0.2, 0.25) is 0 Å². The molecule has 0 saturated carbocycles. The molecule has 90 valence electrons. The van der Waals surface area contributed by atoms with Crippen LogP contribution in [0.25, 0.3) is 0 Å². The zero-order chi connectivity index (χ0) is 12.1. The van der Waals surface area contributed by atoms with E-state index < -0.39 is 0 Å². The molecule has 0 saturated heterocycles. The Kier molecular flexibility index (Phi) is 3.82. The molecule has 0 radical (unpaired) electrons. The van der Waals surface area contributed by atoms with Crippen molar-refractivity contribution in [3.05, 3.63) is 47.5 Å². The van der Waals surface area contributed by atoms with Crippen LogP contribution in [0, 0.1) is 5.82 Å². The van der Waals surface area contributed by atoms with Gasteiger partial charge in [-0.05, 0) is 37.1 Å². The van der Waals surface area contributed by atoms with Crippen molar-refractivity contribution < 1.29 is 4.39 Å². The highest BCUT2D eigenvalue weighted by atomic mass is 19.1. The molecule has 0 aliphatic rings. The molecular formula is C12H15FN4. The van der Waals surface area contributed by atoms with Crippen LogP contribution in [-0.2, 0) is 13.0 Å². The molecule has 0 fully saturated rings. The fourth-order valence-corrected chi connectivity index (χ4v) is 1.64.